The van der Waals surface area contributed by atoms with Crippen LogP contribution < -0.4 is 4.74 Å². The van der Waals surface area contributed by atoms with Gasteiger partial charge >= 0.3 is 12.3 Å². The van der Waals surface area contributed by atoms with Gasteiger partial charge in [0.05, 0.1) is 0 Å². The van der Waals surface area contributed by atoms with Gasteiger partial charge in [-0.15, -0.1) is 0 Å². The zero-order valence-corrected chi connectivity index (χ0v) is 12.0. The van der Waals surface area contributed by atoms with Gasteiger partial charge in [0, 0.05) is 18.3 Å². The molecule has 0 amide bonds. The lowest BCUT2D eigenvalue weighted by molar-refractivity contribution is -0.360. The van der Waals surface area contributed by atoms with Gasteiger partial charge in [0.2, 0.25) is 0 Å². The molecular formula is C15H13F5N2O. The van der Waals surface area contributed by atoms with E-state index in [9.17, 15) is 22.0 Å². The van der Waals surface area contributed by atoms with Gasteiger partial charge in [0.25, 0.3) is 0 Å². The lowest BCUT2D eigenvalue weighted by Crippen LogP contribution is -2.41. The van der Waals surface area contributed by atoms with Crippen molar-refractivity contribution in [3.63, 3.8) is 0 Å². The van der Waals surface area contributed by atoms with E-state index < -0.39 is 18.0 Å². The van der Waals surface area contributed by atoms with Crippen LogP contribution in [0.4, 0.5) is 22.0 Å². The number of hydrogen-bond acceptors (Lipinski definition) is 3. The maximum Gasteiger partial charge on any atom is 0.499 e. The van der Waals surface area contributed by atoms with Crippen molar-refractivity contribution in [3.05, 3.63) is 54.1 Å². The zero-order valence-electron chi connectivity index (χ0n) is 12.0. The zero-order chi connectivity index (χ0) is 17.1. The van der Waals surface area contributed by atoms with Gasteiger partial charge in [0.1, 0.15) is 12.1 Å². The van der Waals surface area contributed by atoms with Gasteiger partial charge in [-0.1, -0.05) is 19.1 Å². The number of benzene rings is 1. The van der Waals surface area contributed by atoms with E-state index in [4.69, 9.17) is 0 Å². The Morgan fingerprint density at radius 1 is 0.957 bits per heavy atom. The second-order valence-electron chi connectivity index (χ2n) is 4.82. The van der Waals surface area contributed by atoms with Gasteiger partial charge in [-0.25, -0.2) is 9.97 Å². The van der Waals surface area contributed by atoms with Crippen LogP contribution in [0.3, 0.4) is 0 Å². The monoisotopic (exact) mass is 332 g/mol. The Hall–Kier alpha value is -2.25. The Labute approximate surface area is 129 Å². The standard InChI is InChI=1S/C15H13F5N2O/c1-2-13(11-7-21-9-22-8-11)10-3-5-12(6-4-10)23-15(19,20)14(16,17)18/h3-9,13H,2H2,1H3. The van der Waals surface area contributed by atoms with E-state index >= 15 is 0 Å². The van der Waals surface area contributed by atoms with Gasteiger partial charge in [0.15, 0.2) is 0 Å². The van der Waals surface area contributed by atoms with E-state index in [0.717, 1.165) is 23.3 Å². The van der Waals surface area contributed by atoms with Gasteiger partial charge < -0.3 is 4.74 Å². The Balaban J connectivity index is 2.19. The fraction of sp³-hybridized carbons (Fsp3) is 0.333. The molecule has 0 aliphatic heterocycles. The number of rotatable bonds is 5. The van der Waals surface area contributed by atoms with Crippen LogP contribution in [0, 0.1) is 0 Å². The van der Waals surface area contributed by atoms with Gasteiger partial charge in [-0.05, 0) is 29.7 Å². The van der Waals surface area contributed by atoms with Crippen molar-refractivity contribution < 1.29 is 26.7 Å². The summed E-state index contributed by atoms with van der Waals surface area (Å²) in [7, 11) is 0. The molecule has 0 saturated heterocycles. The highest BCUT2D eigenvalue weighted by molar-refractivity contribution is 5.34. The second-order valence-corrected chi connectivity index (χ2v) is 4.82. The van der Waals surface area contributed by atoms with E-state index in [0.29, 0.717) is 6.42 Å². The molecule has 23 heavy (non-hydrogen) atoms. The van der Waals surface area contributed by atoms with Crippen LogP contribution in [-0.4, -0.2) is 22.3 Å². The molecule has 0 fully saturated rings. The topological polar surface area (TPSA) is 35.0 Å². The fourth-order valence-electron chi connectivity index (χ4n) is 2.13. The normalized spacial score (nSPS) is 13.7. The van der Waals surface area contributed by atoms with E-state index in [2.05, 4.69) is 14.7 Å². The molecule has 1 heterocycles. The van der Waals surface area contributed by atoms with Crippen LogP contribution in [0.15, 0.2) is 43.0 Å². The van der Waals surface area contributed by atoms with Gasteiger partial charge in [-0.2, -0.15) is 22.0 Å². The second kappa shape index (κ2) is 6.47. The predicted molar refractivity (Wildman–Crippen MR) is 72.2 cm³/mol. The van der Waals surface area contributed by atoms with Crippen LogP contribution in [-0.2, 0) is 0 Å². The Kier molecular flexibility index (Phi) is 4.82. The highest BCUT2D eigenvalue weighted by Gasteiger charge is 2.61. The molecule has 2 rings (SSSR count). The Morgan fingerprint density at radius 2 is 1.52 bits per heavy atom. The molecule has 2 aromatic rings. The minimum Gasteiger partial charge on any atom is -0.426 e. The van der Waals surface area contributed by atoms with Crippen molar-refractivity contribution >= 4 is 0 Å². The molecule has 0 aliphatic carbocycles. The highest BCUT2D eigenvalue weighted by atomic mass is 19.4. The van der Waals surface area contributed by atoms with Crippen LogP contribution in [0.1, 0.15) is 30.4 Å². The molecule has 0 radical (unpaired) electrons. The average molecular weight is 332 g/mol. The minimum atomic E-state index is -5.76. The molecule has 1 aromatic carbocycles. The number of alkyl halides is 5. The van der Waals surface area contributed by atoms with E-state index in [1.54, 1.807) is 12.4 Å². The first-order chi connectivity index (χ1) is 10.7. The molecule has 0 N–H and O–H groups in total. The molecule has 124 valence electrons. The Bertz CT molecular complexity index is 629. The molecule has 0 aliphatic rings. The predicted octanol–water partition coefficient (Wildman–Crippen LogP) is 4.55. The summed E-state index contributed by atoms with van der Waals surface area (Å²) < 4.78 is 65.8. The lowest BCUT2D eigenvalue weighted by atomic mass is 9.91. The van der Waals surface area contributed by atoms with E-state index in [-0.39, 0.29) is 5.92 Å². The molecule has 1 aromatic heterocycles. The molecule has 3 nitrogen and oxygen atoms in total. The maximum atomic E-state index is 12.8. The molecule has 1 unspecified atom stereocenters. The third-order valence-electron chi connectivity index (χ3n) is 3.25. The molecule has 1 atom stereocenters. The smallest absolute Gasteiger partial charge is 0.426 e. The van der Waals surface area contributed by atoms with E-state index in [1.165, 1.54) is 18.5 Å². The molecule has 0 bridgehead atoms. The summed E-state index contributed by atoms with van der Waals surface area (Å²) in [6.07, 6.45) is -5.67. The molecule has 0 spiro atoms. The SMILES string of the molecule is CCC(c1ccc(OC(F)(F)C(F)(F)F)cc1)c1cncnc1. The van der Waals surface area contributed by atoms with Crippen molar-refractivity contribution in [1.82, 2.24) is 9.97 Å². The largest absolute Gasteiger partial charge is 0.499 e. The first-order valence-corrected chi connectivity index (χ1v) is 6.73. The third-order valence-corrected chi connectivity index (χ3v) is 3.25. The number of aromatic nitrogens is 2. The summed E-state index contributed by atoms with van der Waals surface area (Å²) in [6.45, 7) is 1.92. The Morgan fingerprint density at radius 3 is 2.00 bits per heavy atom. The number of halogens is 5. The summed E-state index contributed by atoms with van der Waals surface area (Å²) in [4.78, 5) is 7.82. The molecular weight excluding hydrogens is 319 g/mol. The average Bonchev–Trinajstić information content (AvgIpc) is 2.49. The maximum absolute atomic E-state index is 12.8. The van der Waals surface area contributed by atoms with Crippen LogP contribution in [0.2, 0.25) is 0 Å². The minimum absolute atomic E-state index is 0.0895. The van der Waals surface area contributed by atoms with Crippen LogP contribution in [0.5, 0.6) is 5.75 Å². The third kappa shape index (κ3) is 3.94. The summed E-state index contributed by atoms with van der Waals surface area (Å²) >= 11 is 0. The lowest BCUT2D eigenvalue weighted by Gasteiger charge is -2.21. The van der Waals surface area contributed by atoms with Gasteiger partial charge in [-0.3, -0.25) is 0 Å². The number of hydrogen-bond donors (Lipinski definition) is 0. The molecule has 8 heteroatoms. The quantitative estimate of drug-likeness (QED) is 0.753. The van der Waals surface area contributed by atoms with Crippen molar-refractivity contribution in [3.8, 4) is 5.75 Å². The first-order valence-electron chi connectivity index (χ1n) is 6.73. The van der Waals surface area contributed by atoms with Crippen molar-refractivity contribution in [2.45, 2.75) is 31.5 Å². The van der Waals surface area contributed by atoms with E-state index in [1.807, 2.05) is 6.92 Å². The van der Waals surface area contributed by atoms with Crippen molar-refractivity contribution in [1.29, 1.82) is 0 Å². The summed E-state index contributed by atoms with van der Waals surface area (Å²) in [5.41, 5.74) is 1.56. The highest BCUT2D eigenvalue weighted by Crippen LogP contribution is 2.37. The summed E-state index contributed by atoms with van der Waals surface area (Å²) in [5.74, 6) is -0.649. The number of ether oxygens (including phenoxy) is 1. The first kappa shape index (κ1) is 17.1. The summed E-state index contributed by atoms with van der Waals surface area (Å²) in [5, 5.41) is 0. The van der Waals surface area contributed by atoms with Crippen molar-refractivity contribution in [2.24, 2.45) is 0 Å². The molecule has 0 saturated carbocycles. The van der Waals surface area contributed by atoms with Crippen LogP contribution >= 0.6 is 0 Å². The van der Waals surface area contributed by atoms with Crippen LogP contribution in [0.25, 0.3) is 0 Å². The fourth-order valence-corrected chi connectivity index (χ4v) is 2.13. The van der Waals surface area contributed by atoms with Crippen molar-refractivity contribution in [2.75, 3.05) is 0 Å². The summed E-state index contributed by atoms with van der Waals surface area (Å²) in [6, 6.07) is 5.06. The number of nitrogens with zero attached hydrogens (tertiary/aromatic N) is 2.